The highest BCUT2D eigenvalue weighted by Gasteiger charge is 2.45. The maximum Gasteiger partial charge on any atom is 0.329 e. The topological polar surface area (TPSA) is 83.6 Å². The molecule has 1 saturated heterocycles. The fraction of sp³-hybridized carbons (Fsp3) is 0.400. The van der Waals surface area contributed by atoms with Crippen LogP contribution >= 0.6 is 0 Å². The van der Waals surface area contributed by atoms with Crippen molar-refractivity contribution < 1.29 is 19.2 Å². The molecule has 21 heavy (non-hydrogen) atoms. The third kappa shape index (κ3) is 2.16. The largest absolute Gasteiger partial charge is 0.480 e. The average Bonchev–Trinajstić information content (AvgIpc) is 3.04. The lowest BCUT2D eigenvalue weighted by Crippen LogP contribution is -2.51. The first-order chi connectivity index (χ1) is 10.0. The van der Waals surface area contributed by atoms with Crippen LogP contribution < -0.4 is 0 Å². The normalized spacial score (nSPS) is 21.9. The molecule has 0 aliphatic carbocycles. The van der Waals surface area contributed by atoms with Crippen LogP contribution in [0.5, 0.6) is 0 Å². The summed E-state index contributed by atoms with van der Waals surface area (Å²) in [5, 5.41) is 14.1. The van der Waals surface area contributed by atoms with Crippen LogP contribution in [-0.4, -0.2) is 39.1 Å². The molecule has 2 aromatic rings. The Kier molecular flexibility index (Phi) is 3.16. The number of para-hydroxylation sites is 1. The summed E-state index contributed by atoms with van der Waals surface area (Å²) in [6.45, 7) is 2.07. The quantitative estimate of drug-likeness (QED) is 0.931. The predicted molar refractivity (Wildman–Crippen MR) is 74.7 cm³/mol. The molecule has 1 aliphatic heterocycles. The Labute approximate surface area is 121 Å². The van der Waals surface area contributed by atoms with E-state index in [9.17, 15) is 14.7 Å². The first kappa shape index (κ1) is 13.6. The minimum atomic E-state index is -1.11. The number of aromatic nitrogens is 1. The lowest BCUT2D eigenvalue weighted by atomic mass is 9.99. The van der Waals surface area contributed by atoms with Gasteiger partial charge in [0.05, 0.1) is 6.42 Å². The number of hydrogen-bond acceptors (Lipinski definition) is 4. The van der Waals surface area contributed by atoms with Crippen molar-refractivity contribution in [2.24, 2.45) is 0 Å². The number of carboxylic acid groups (broad SMARTS) is 1. The summed E-state index contributed by atoms with van der Waals surface area (Å²) in [5.74, 6) is -1.19. The number of benzene rings is 1. The van der Waals surface area contributed by atoms with Gasteiger partial charge in [-0.2, -0.15) is 0 Å². The van der Waals surface area contributed by atoms with Gasteiger partial charge in [0.25, 0.3) is 0 Å². The van der Waals surface area contributed by atoms with Crippen LogP contribution in [0.2, 0.25) is 0 Å². The van der Waals surface area contributed by atoms with E-state index in [4.69, 9.17) is 4.52 Å². The maximum absolute atomic E-state index is 12.5. The number of hydrogen-bond donors (Lipinski definition) is 1. The number of rotatable bonds is 3. The minimum absolute atomic E-state index is 0.0554. The van der Waals surface area contributed by atoms with E-state index in [0.29, 0.717) is 30.7 Å². The SMILES string of the molecule is CC1(C(=O)O)CCCN1C(=O)Cc1noc2ccccc12. The summed E-state index contributed by atoms with van der Waals surface area (Å²) < 4.78 is 5.17. The standard InChI is InChI=1S/C15H16N2O4/c1-15(14(19)20)7-4-8-17(15)13(18)9-11-10-5-2-3-6-12(10)21-16-11/h2-3,5-6H,4,7-9H2,1H3,(H,19,20). The summed E-state index contributed by atoms with van der Waals surface area (Å²) in [6, 6.07) is 7.31. The zero-order chi connectivity index (χ0) is 15.0. The fourth-order valence-electron chi connectivity index (χ4n) is 2.89. The lowest BCUT2D eigenvalue weighted by Gasteiger charge is -2.31. The summed E-state index contributed by atoms with van der Waals surface area (Å²) in [5.41, 5.74) is 0.0642. The Morgan fingerprint density at radius 3 is 2.95 bits per heavy atom. The van der Waals surface area contributed by atoms with E-state index in [1.165, 1.54) is 4.90 Å². The number of likely N-dealkylation sites (tertiary alicyclic amines) is 1. The molecule has 0 bridgehead atoms. The average molecular weight is 288 g/mol. The molecular weight excluding hydrogens is 272 g/mol. The van der Waals surface area contributed by atoms with Crippen molar-refractivity contribution in [2.75, 3.05) is 6.54 Å². The number of carbonyl (C=O) groups is 2. The number of nitrogens with zero attached hydrogens (tertiary/aromatic N) is 2. The van der Waals surface area contributed by atoms with E-state index in [1.807, 2.05) is 18.2 Å². The third-order valence-corrected chi connectivity index (χ3v) is 4.17. The van der Waals surface area contributed by atoms with Gasteiger partial charge in [-0.3, -0.25) is 4.79 Å². The van der Waals surface area contributed by atoms with Gasteiger partial charge in [0.15, 0.2) is 5.58 Å². The number of amides is 1. The van der Waals surface area contributed by atoms with Crippen molar-refractivity contribution in [2.45, 2.75) is 31.7 Å². The molecule has 1 aliphatic rings. The molecule has 1 fully saturated rings. The van der Waals surface area contributed by atoms with Crippen LogP contribution in [0, 0.1) is 0 Å². The van der Waals surface area contributed by atoms with Gasteiger partial charge in [-0.05, 0) is 31.9 Å². The van der Waals surface area contributed by atoms with E-state index in [-0.39, 0.29) is 12.3 Å². The Morgan fingerprint density at radius 2 is 2.19 bits per heavy atom. The van der Waals surface area contributed by atoms with Gasteiger partial charge < -0.3 is 14.5 Å². The van der Waals surface area contributed by atoms with Crippen LogP contribution in [0.15, 0.2) is 28.8 Å². The van der Waals surface area contributed by atoms with Crippen molar-refractivity contribution >= 4 is 22.8 Å². The van der Waals surface area contributed by atoms with Gasteiger partial charge in [-0.1, -0.05) is 17.3 Å². The molecule has 1 aromatic heterocycles. The van der Waals surface area contributed by atoms with Crippen molar-refractivity contribution in [3.8, 4) is 0 Å². The highest BCUT2D eigenvalue weighted by molar-refractivity contribution is 5.90. The molecule has 1 unspecified atom stereocenters. The molecule has 0 spiro atoms. The van der Waals surface area contributed by atoms with Gasteiger partial charge in [-0.15, -0.1) is 0 Å². The van der Waals surface area contributed by atoms with Crippen LogP contribution in [0.3, 0.4) is 0 Å². The van der Waals surface area contributed by atoms with Gasteiger partial charge in [0, 0.05) is 11.9 Å². The zero-order valence-electron chi connectivity index (χ0n) is 11.7. The second-order valence-corrected chi connectivity index (χ2v) is 5.53. The van der Waals surface area contributed by atoms with E-state index < -0.39 is 11.5 Å². The van der Waals surface area contributed by atoms with Crippen molar-refractivity contribution in [3.05, 3.63) is 30.0 Å². The summed E-state index contributed by atoms with van der Waals surface area (Å²) >= 11 is 0. The summed E-state index contributed by atoms with van der Waals surface area (Å²) in [6.07, 6.45) is 1.24. The monoisotopic (exact) mass is 288 g/mol. The number of aliphatic carboxylic acids is 1. The third-order valence-electron chi connectivity index (χ3n) is 4.17. The lowest BCUT2D eigenvalue weighted by molar-refractivity contribution is -0.155. The molecular formula is C15H16N2O4. The van der Waals surface area contributed by atoms with Crippen molar-refractivity contribution in [1.82, 2.24) is 10.1 Å². The number of carbonyl (C=O) groups excluding carboxylic acids is 1. The highest BCUT2D eigenvalue weighted by atomic mass is 16.5. The molecule has 6 nitrogen and oxygen atoms in total. The minimum Gasteiger partial charge on any atom is -0.480 e. The second-order valence-electron chi connectivity index (χ2n) is 5.53. The van der Waals surface area contributed by atoms with Gasteiger partial charge in [0.1, 0.15) is 11.2 Å². The number of fused-ring (bicyclic) bond motifs is 1. The highest BCUT2D eigenvalue weighted by Crippen LogP contribution is 2.30. The molecule has 3 rings (SSSR count). The van der Waals surface area contributed by atoms with Crippen LogP contribution in [0.25, 0.3) is 11.0 Å². The second kappa shape index (κ2) is 4.87. The van der Waals surface area contributed by atoms with Gasteiger partial charge in [0.2, 0.25) is 5.91 Å². The molecule has 1 N–H and O–H groups in total. The van der Waals surface area contributed by atoms with Crippen LogP contribution in [-0.2, 0) is 16.0 Å². The Bertz CT molecular complexity index is 709. The van der Waals surface area contributed by atoms with Gasteiger partial charge >= 0.3 is 5.97 Å². The van der Waals surface area contributed by atoms with E-state index in [2.05, 4.69) is 5.16 Å². The predicted octanol–water partition coefficient (Wildman–Crippen LogP) is 1.84. The van der Waals surface area contributed by atoms with E-state index >= 15 is 0 Å². The Morgan fingerprint density at radius 1 is 1.43 bits per heavy atom. The van der Waals surface area contributed by atoms with Crippen molar-refractivity contribution in [1.29, 1.82) is 0 Å². The molecule has 1 atom stereocenters. The number of carboxylic acids is 1. The smallest absolute Gasteiger partial charge is 0.329 e. The molecule has 0 radical (unpaired) electrons. The van der Waals surface area contributed by atoms with E-state index in [1.54, 1.807) is 13.0 Å². The van der Waals surface area contributed by atoms with Gasteiger partial charge in [-0.25, -0.2) is 4.79 Å². The fourth-order valence-corrected chi connectivity index (χ4v) is 2.89. The first-order valence-electron chi connectivity index (χ1n) is 6.89. The first-order valence-corrected chi connectivity index (χ1v) is 6.89. The molecule has 0 saturated carbocycles. The molecule has 1 amide bonds. The Balaban J connectivity index is 1.85. The zero-order valence-corrected chi connectivity index (χ0v) is 11.7. The molecule has 6 heteroatoms. The van der Waals surface area contributed by atoms with Crippen LogP contribution in [0.1, 0.15) is 25.5 Å². The molecule has 2 heterocycles. The Hall–Kier alpha value is -2.37. The molecule has 1 aromatic carbocycles. The van der Waals surface area contributed by atoms with Crippen molar-refractivity contribution in [3.63, 3.8) is 0 Å². The van der Waals surface area contributed by atoms with E-state index in [0.717, 1.165) is 5.39 Å². The summed E-state index contributed by atoms with van der Waals surface area (Å²) in [7, 11) is 0. The maximum atomic E-state index is 12.5. The molecule has 110 valence electrons. The summed E-state index contributed by atoms with van der Waals surface area (Å²) in [4.78, 5) is 25.3. The van der Waals surface area contributed by atoms with Crippen LogP contribution in [0.4, 0.5) is 0 Å².